The largest absolute Gasteiger partial charge is 0.193 e. The Morgan fingerprint density at radius 1 is 1.62 bits per heavy atom. The third kappa shape index (κ3) is 3.17. The minimum absolute atomic E-state index is 0.739. The van der Waals surface area contributed by atoms with E-state index in [1.807, 2.05) is 25.1 Å². The zero-order chi connectivity index (χ0) is 6.41. The number of allylic oxidation sites excluding steroid dienone is 4. The number of nitrogens with zero attached hydrogens (tertiary/aromatic N) is 1. The molecule has 0 aliphatic heterocycles. The molecule has 0 rings (SSSR count). The molecular formula is C7H9N. The molecule has 0 amide bonds. The average Bonchev–Trinajstić information content (AvgIpc) is 1.83. The third-order valence-corrected chi connectivity index (χ3v) is 0.715. The fraction of sp³-hybridized carbons (Fsp3) is 0.286. The molecule has 0 aromatic heterocycles. The van der Waals surface area contributed by atoms with Crippen molar-refractivity contribution >= 4 is 0 Å². The maximum Gasteiger partial charge on any atom is 0.0944 e. The van der Waals surface area contributed by atoms with Crippen molar-refractivity contribution in [2.24, 2.45) is 0 Å². The zero-order valence-corrected chi connectivity index (χ0v) is 5.18. The van der Waals surface area contributed by atoms with Gasteiger partial charge >= 0.3 is 0 Å². The minimum atomic E-state index is 0.739. The van der Waals surface area contributed by atoms with Gasteiger partial charge in [-0.2, -0.15) is 5.26 Å². The molecule has 0 bridgehead atoms. The van der Waals surface area contributed by atoms with Gasteiger partial charge in [0.2, 0.25) is 0 Å². The number of nitriles is 1. The van der Waals surface area contributed by atoms with Gasteiger partial charge in [0.05, 0.1) is 6.07 Å². The van der Waals surface area contributed by atoms with Crippen LogP contribution in [0, 0.1) is 11.3 Å². The first-order valence-electron chi connectivity index (χ1n) is 2.51. The van der Waals surface area contributed by atoms with Gasteiger partial charge in [0.25, 0.3) is 0 Å². The number of rotatable bonds is 1. The summed E-state index contributed by atoms with van der Waals surface area (Å²) in [7, 11) is 0. The van der Waals surface area contributed by atoms with Gasteiger partial charge in [-0.25, -0.2) is 0 Å². The molecule has 0 aromatic carbocycles. The topological polar surface area (TPSA) is 23.8 Å². The minimum Gasteiger partial charge on any atom is -0.193 e. The highest BCUT2D eigenvalue weighted by molar-refractivity contribution is 5.22. The van der Waals surface area contributed by atoms with Crippen molar-refractivity contribution in [1.82, 2.24) is 0 Å². The molecule has 0 radical (unpaired) electrons. The Bertz CT molecular complexity index is 146. The molecule has 0 saturated heterocycles. The van der Waals surface area contributed by atoms with Gasteiger partial charge in [0.1, 0.15) is 0 Å². The van der Waals surface area contributed by atoms with Crippen LogP contribution in [0.3, 0.4) is 0 Å². The Hall–Kier alpha value is -1.03. The second kappa shape index (κ2) is 4.14. The van der Waals surface area contributed by atoms with Gasteiger partial charge in [-0.15, -0.1) is 0 Å². The van der Waals surface area contributed by atoms with Crippen LogP contribution in [0.25, 0.3) is 0 Å². The van der Waals surface area contributed by atoms with Crippen LogP contribution < -0.4 is 0 Å². The number of hydrogen-bond acceptors (Lipinski definition) is 1. The van der Waals surface area contributed by atoms with Crippen molar-refractivity contribution in [3.63, 3.8) is 0 Å². The first kappa shape index (κ1) is 6.97. The predicted octanol–water partition coefficient (Wildman–Crippen LogP) is 2.03. The molecule has 1 heteroatoms. The van der Waals surface area contributed by atoms with Crippen molar-refractivity contribution in [3.05, 3.63) is 23.8 Å². The lowest BCUT2D eigenvalue weighted by Crippen LogP contribution is -1.61. The lowest BCUT2D eigenvalue weighted by Gasteiger charge is -1.74. The Morgan fingerprint density at radius 3 is 2.62 bits per heavy atom. The van der Waals surface area contributed by atoms with Crippen LogP contribution in [0.4, 0.5) is 0 Å². The molecule has 42 valence electrons. The summed E-state index contributed by atoms with van der Waals surface area (Å²) in [5.74, 6) is 0. The van der Waals surface area contributed by atoms with Crippen molar-refractivity contribution in [1.29, 1.82) is 5.26 Å². The molecule has 0 fully saturated rings. The highest BCUT2D eigenvalue weighted by Crippen LogP contribution is 1.87. The van der Waals surface area contributed by atoms with Gasteiger partial charge in [-0.1, -0.05) is 12.2 Å². The molecule has 8 heavy (non-hydrogen) atoms. The van der Waals surface area contributed by atoms with Crippen molar-refractivity contribution in [3.8, 4) is 6.07 Å². The van der Waals surface area contributed by atoms with E-state index in [0.717, 1.165) is 5.57 Å². The highest BCUT2D eigenvalue weighted by atomic mass is 14.2. The van der Waals surface area contributed by atoms with Gasteiger partial charge in [-0.3, -0.25) is 0 Å². The van der Waals surface area contributed by atoms with Crippen LogP contribution in [0.15, 0.2) is 23.8 Å². The van der Waals surface area contributed by atoms with E-state index >= 15 is 0 Å². The highest BCUT2D eigenvalue weighted by Gasteiger charge is 1.74. The molecule has 0 unspecified atom stereocenters. The fourth-order valence-electron chi connectivity index (χ4n) is 0.278. The van der Waals surface area contributed by atoms with Gasteiger partial charge in [0.15, 0.2) is 0 Å². The molecule has 0 aromatic rings. The predicted molar refractivity (Wildman–Crippen MR) is 34.2 cm³/mol. The van der Waals surface area contributed by atoms with Crippen LogP contribution in [0.2, 0.25) is 0 Å². The van der Waals surface area contributed by atoms with E-state index in [1.54, 1.807) is 13.0 Å². The maximum atomic E-state index is 8.21. The van der Waals surface area contributed by atoms with E-state index in [0.29, 0.717) is 0 Å². The van der Waals surface area contributed by atoms with Gasteiger partial charge in [0, 0.05) is 5.57 Å². The van der Waals surface area contributed by atoms with E-state index in [9.17, 15) is 0 Å². The first-order chi connectivity index (χ1) is 3.81. The quantitative estimate of drug-likeness (QED) is 0.371. The summed E-state index contributed by atoms with van der Waals surface area (Å²) >= 11 is 0. The van der Waals surface area contributed by atoms with E-state index in [2.05, 4.69) is 0 Å². The second-order valence-electron chi connectivity index (χ2n) is 1.49. The maximum absolute atomic E-state index is 8.21. The van der Waals surface area contributed by atoms with E-state index < -0.39 is 0 Å². The SMILES string of the molecule is C/C=C\C=C(/C)C#N. The Labute approximate surface area is 49.9 Å². The van der Waals surface area contributed by atoms with E-state index in [-0.39, 0.29) is 0 Å². The Morgan fingerprint density at radius 2 is 2.25 bits per heavy atom. The molecule has 0 spiro atoms. The summed E-state index contributed by atoms with van der Waals surface area (Å²) in [5.41, 5.74) is 0.739. The average molecular weight is 107 g/mol. The number of hydrogen-bond donors (Lipinski definition) is 0. The smallest absolute Gasteiger partial charge is 0.0944 e. The monoisotopic (exact) mass is 107 g/mol. The fourth-order valence-corrected chi connectivity index (χ4v) is 0.278. The second-order valence-corrected chi connectivity index (χ2v) is 1.49. The van der Waals surface area contributed by atoms with Crippen LogP contribution in [-0.4, -0.2) is 0 Å². The molecule has 0 heterocycles. The summed E-state index contributed by atoms with van der Waals surface area (Å²) in [6.07, 6.45) is 5.51. The van der Waals surface area contributed by atoms with Crippen LogP contribution in [0.5, 0.6) is 0 Å². The van der Waals surface area contributed by atoms with E-state index in [1.165, 1.54) is 0 Å². The van der Waals surface area contributed by atoms with Crippen LogP contribution in [-0.2, 0) is 0 Å². The van der Waals surface area contributed by atoms with Gasteiger partial charge < -0.3 is 0 Å². The summed E-state index contributed by atoms with van der Waals surface area (Å²) in [6.45, 7) is 3.70. The third-order valence-electron chi connectivity index (χ3n) is 0.715. The van der Waals surface area contributed by atoms with Crippen molar-refractivity contribution < 1.29 is 0 Å². The molecule has 1 nitrogen and oxygen atoms in total. The summed E-state index contributed by atoms with van der Waals surface area (Å²) in [5, 5.41) is 8.21. The molecule has 0 atom stereocenters. The zero-order valence-electron chi connectivity index (χ0n) is 5.18. The lowest BCUT2D eigenvalue weighted by molar-refractivity contribution is 1.44. The molecule has 0 saturated carbocycles. The van der Waals surface area contributed by atoms with Crippen LogP contribution in [0.1, 0.15) is 13.8 Å². The summed E-state index contributed by atoms with van der Waals surface area (Å²) in [4.78, 5) is 0. The van der Waals surface area contributed by atoms with Crippen molar-refractivity contribution in [2.45, 2.75) is 13.8 Å². The molecule has 0 aliphatic rings. The summed E-state index contributed by atoms with van der Waals surface area (Å²) < 4.78 is 0. The molecule has 0 aliphatic carbocycles. The molecular weight excluding hydrogens is 98.1 g/mol. The standard InChI is InChI=1S/C7H9N/c1-3-4-5-7(2)6-8/h3-5H,1-2H3/b4-3-,7-5+. The normalized spacial score (nSPS) is 11.9. The van der Waals surface area contributed by atoms with E-state index in [4.69, 9.17) is 5.26 Å². The summed E-state index contributed by atoms with van der Waals surface area (Å²) in [6, 6.07) is 2.01. The first-order valence-corrected chi connectivity index (χ1v) is 2.51. The Kier molecular flexibility index (Phi) is 3.60. The van der Waals surface area contributed by atoms with Crippen LogP contribution >= 0.6 is 0 Å². The molecule has 0 N–H and O–H groups in total. The van der Waals surface area contributed by atoms with Gasteiger partial charge in [-0.05, 0) is 19.9 Å². The van der Waals surface area contributed by atoms with Crippen molar-refractivity contribution in [2.75, 3.05) is 0 Å². The lowest BCUT2D eigenvalue weighted by atomic mass is 10.3. The Balaban J connectivity index is 3.81.